The Morgan fingerprint density at radius 2 is 1.93 bits per heavy atom. The lowest BCUT2D eigenvalue weighted by Gasteiger charge is -2.15. The lowest BCUT2D eigenvalue weighted by molar-refractivity contribution is 0.442. The van der Waals surface area contributed by atoms with E-state index in [-0.39, 0.29) is 5.41 Å². The summed E-state index contributed by atoms with van der Waals surface area (Å²) in [6.45, 7) is 9.15. The molecule has 0 aliphatic heterocycles. The highest BCUT2D eigenvalue weighted by atomic mass is 14.7. The molecule has 1 aromatic rings. The Morgan fingerprint density at radius 1 is 1.29 bits per heavy atom. The van der Waals surface area contributed by atoms with Gasteiger partial charge in [-0.25, -0.2) is 0 Å². The summed E-state index contributed by atoms with van der Waals surface area (Å²) in [5, 5.41) is 0. The maximum atomic E-state index is 4.36. The second-order valence-corrected chi connectivity index (χ2v) is 4.36. The molecule has 1 heteroatoms. The highest BCUT2D eigenvalue weighted by Gasteiger charge is 2.07. The monoisotopic (exact) mass is 188 g/mol. The second-order valence-electron chi connectivity index (χ2n) is 4.36. The molecule has 0 unspecified atom stereocenters. The Kier molecular flexibility index (Phi) is 3.87. The van der Waals surface area contributed by atoms with E-state index in [0.717, 1.165) is 18.5 Å². The molecule has 1 rings (SSSR count). The minimum absolute atomic E-state index is 0.133. The molecule has 14 heavy (non-hydrogen) atoms. The number of hydrogen-bond acceptors (Lipinski definition) is 1. The molecule has 0 saturated heterocycles. The lowest BCUT2D eigenvalue weighted by Crippen LogP contribution is -2.06. The van der Waals surface area contributed by atoms with Crippen LogP contribution < -0.4 is 0 Å². The summed E-state index contributed by atoms with van der Waals surface area (Å²) in [6, 6.07) is 10.2. The molecule has 0 aliphatic rings. The van der Waals surface area contributed by atoms with Crippen molar-refractivity contribution in [2.45, 2.75) is 20.3 Å². The van der Waals surface area contributed by atoms with Crippen molar-refractivity contribution in [1.82, 2.24) is 0 Å². The predicted molar refractivity (Wildman–Crippen MR) is 62.7 cm³/mol. The fourth-order valence-corrected chi connectivity index (χ4v) is 1.08. The largest absolute Gasteiger partial charge is 0.293 e. The summed E-state index contributed by atoms with van der Waals surface area (Å²) in [6.07, 6.45) is 2.95. The van der Waals surface area contributed by atoms with Gasteiger partial charge in [-0.1, -0.05) is 44.2 Å². The molecule has 1 nitrogen and oxygen atoms in total. The second kappa shape index (κ2) is 4.94. The maximum Gasteiger partial charge on any atom is 0.0394 e. The number of nitrogens with zero attached hydrogens (tertiary/aromatic N) is 1. The smallest absolute Gasteiger partial charge is 0.0394 e. The van der Waals surface area contributed by atoms with Crippen molar-refractivity contribution in [3.63, 3.8) is 0 Å². The molecule has 0 bridgehead atoms. The average Bonchev–Trinajstić information content (AvgIpc) is 2.13. The normalized spacial score (nSPS) is 12.2. The molecule has 0 amide bonds. The van der Waals surface area contributed by atoms with E-state index < -0.39 is 0 Å². The van der Waals surface area contributed by atoms with Crippen molar-refractivity contribution in [3.05, 3.63) is 42.8 Å². The van der Waals surface area contributed by atoms with E-state index in [1.165, 1.54) is 0 Å². The molecule has 0 aliphatic carbocycles. The maximum absolute atomic E-state index is 4.36. The minimum Gasteiger partial charge on any atom is -0.293 e. The van der Waals surface area contributed by atoms with Crippen LogP contribution in [0.3, 0.4) is 0 Å². The summed E-state index contributed by atoms with van der Waals surface area (Å²) < 4.78 is 0. The lowest BCUT2D eigenvalue weighted by atomic mass is 9.92. The van der Waals surface area contributed by atoms with E-state index in [2.05, 4.69) is 37.9 Å². The third-order valence-corrected chi connectivity index (χ3v) is 1.96. The Bertz CT molecular complexity index is 280. The third kappa shape index (κ3) is 4.80. The highest BCUT2D eigenvalue weighted by molar-refractivity contribution is 5.79. The summed E-state index contributed by atoms with van der Waals surface area (Å²) in [5.41, 5.74) is 1.29. The summed E-state index contributed by atoms with van der Waals surface area (Å²) in [4.78, 5) is 4.36. The molecule has 0 atom stereocenters. The first kappa shape index (κ1) is 11.0. The van der Waals surface area contributed by atoms with Gasteiger partial charge in [-0.2, -0.15) is 0 Å². The molecule has 1 aromatic carbocycles. The van der Waals surface area contributed by atoms with Gasteiger partial charge in [0.15, 0.2) is 0 Å². The zero-order valence-electron chi connectivity index (χ0n) is 9.03. The molecule has 0 N–H and O–H groups in total. The van der Waals surface area contributed by atoms with Crippen molar-refractivity contribution >= 4 is 6.21 Å². The first-order valence-corrected chi connectivity index (χ1v) is 4.98. The van der Waals surface area contributed by atoms with Crippen LogP contribution in [0.2, 0.25) is 0 Å². The first-order valence-electron chi connectivity index (χ1n) is 4.98. The molecule has 0 heterocycles. The molecule has 0 aromatic heterocycles. The fraction of sp³-hybridized carbons (Fsp3) is 0.385. The Labute approximate surface area is 86.9 Å². The van der Waals surface area contributed by atoms with Crippen molar-refractivity contribution < 1.29 is 0 Å². The third-order valence-electron chi connectivity index (χ3n) is 1.96. The quantitative estimate of drug-likeness (QED) is 0.642. The zero-order valence-corrected chi connectivity index (χ0v) is 9.03. The molecule has 1 radical (unpaired) electrons. The van der Waals surface area contributed by atoms with Gasteiger partial charge in [0.05, 0.1) is 0 Å². The Morgan fingerprint density at radius 3 is 2.50 bits per heavy atom. The van der Waals surface area contributed by atoms with Gasteiger partial charge in [-0.3, -0.25) is 4.99 Å². The van der Waals surface area contributed by atoms with Gasteiger partial charge in [-0.05, 0) is 24.3 Å². The van der Waals surface area contributed by atoms with Gasteiger partial charge in [0.25, 0.3) is 0 Å². The standard InChI is InChI=1S/C13H18N/c1-13(2,3)9-10-14-11-12-7-5-4-6-8-12/h4-8,11H,1,9-10H2,2-3H3. The highest BCUT2D eigenvalue weighted by Crippen LogP contribution is 2.17. The van der Waals surface area contributed by atoms with Gasteiger partial charge in [0.1, 0.15) is 0 Å². The van der Waals surface area contributed by atoms with Crippen molar-refractivity contribution in [2.24, 2.45) is 10.4 Å². The van der Waals surface area contributed by atoms with Gasteiger partial charge < -0.3 is 0 Å². The summed E-state index contributed by atoms with van der Waals surface area (Å²) >= 11 is 0. The van der Waals surface area contributed by atoms with Crippen LogP contribution in [0.15, 0.2) is 35.3 Å². The number of rotatable bonds is 4. The molecular formula is C13H18N. The molecule has 0 fully saturated rings. The van der Waals surface area contributed by atoms with Crippen LogP contribution in [0.25, 0.3) is 0 Å². The van der Waals surface area contributed by atoms with Crippen molar-refractivity contribution in [3.8, 4) is 0 Å². The summed E-state index contributed by atoms with van der Waals surface area (Å²) in [5.74, 6) is 0. The SMILES string of the molecule is [CH2]C(C)(C)CCN=Cc1ccccc1. The van der Waals surface area contributed by atoms with Crippen LogP contribution >= 0.6 is 0 Å². The number of aliphatic imine (C=N–C) groups is 1. The Hall–Kier alpha value is -1.11. The van der Waals surface area contributed by atoms with Crippen LogP contribution in [0, 0.1) is 12.3 Å². The number of hydrogen-bond donors (Lipinski definition) is 0. The van der Waals surface area contributed by atoms with Crippen LogP contribution in [0.1, 0.15) is 25.8 Å². The van der Waals surface area contributed by atoms with Crippen molar-refractivity contribution in [2.75, 3.05) is 6.54 Å². The number of benzene rings is 1. The molecule has 75 valence electrons. The van der Waals surface area contributed by atoms with Gasteiger partial charge in [0, 0.05) is 12.8 Å². The van der Waals surface area contributed by atoms with Crippen LogP contribution in [0.5, 0.6) is 0 Å². The average molecular weight is 188 g/mol. The molecule has 0 saturated carbocycles. The van der Waals surface area contributed by atoms with Crippen LogP contribution in [0.4, 0.5) is 0 Å². The van der Waals surface area contributed by atoms with E-state index in [9.17, 15) is 0 Å². The van der Waals surface area contributed by atoms with Crippen molar-refractivity contribution in [1.29, 1.82) is 0 Å². The van der Waals surface area contributed by atoms with E-state index in [0.29, 0.717) is 0 Å². The topological polar surface area (TPSA) is 12.4 Å². The van der Waals surface area contributed by atoms with E-state index in [4.69, 9.17) is 0 Å². The predicted octanol–water partition coefficient (Wildman–Crippen LogP) is 3.36. The van der Waals surface area contributed by atoms with Gasteiger partial charge in [-0.15, -0.1) is 0 Å². The van der Waals surface area contributed by atoms with E-state index >= 15 is 0 Å². The molecular weight excluding hydrogens is 170 g/mol. The fourth-order valence-electron chi connectivity index (χ4n) is 1.08. The summed E-state index contributed by atoms with van der Waals surface area (Å²) in [7, 11) is 0. The Balaban J connectivity index is 2.35. The van der Waals surface area contributed by atoms with E-state index in [1.807, 2.05) is 24.4 Å². The van der Waals surface area contributed by atoms with Gasteiger partial charge in [0.2, 0.25) is 0 Å². The minimum atomic E-state index is 0.133. The molecule has 0 spiro atoms. The van der Waals surface area contributed by atoms with E-state index in [1.54, 1.807) is 0 Å². The van der Waals surface area contributed by atoms with Gasteiger partial charge >= 0.3 is 0 Å². The zero-order chi connectivity index (χ0) is 10.4. The first-order chi connectivity index (χ1) is 6.58. The van der Waals surface area contributed by atoms with Crippen LogP contribution in [-0.4, -0.2) is 12.8 Å². The van der Waals surface area contributed by atoms with Crippen LogP contribution in [-0.2, 0) is 0 Å².